The number of benzene rings is 1. The summed E-state index contributed by atoms with van der Waals surface area (Å²) in [6.07, 6.45) is 0.924. The zero-order valence-corrected chi connectivity index (χ0v) is 7.57. The molecule has 1 N–H and O–H groups in total. The molecule has 0 bridgehead atoms. The molecular formula is C11H14O2. The fraction of sp³-hybridized carbons (Fsp3) is 0.455. The van der Waals surface area contributed by atoms with Gasteiger partial charge in [-0.05, 0) is 12.0 Å². The van der Waals surface area contributed by atoms with E-state index in [-0.39, 0.29) is 12.0 Å². The molecule has 0 radical (unpaired) electrons. The van der Waals surface area contributed by atoms with Gasteiger partial charge in [-0.15, -0.1) is 0 Å². The topological polar surface area (TPSA) is 29.5 Å². The minimum absolute atomic E-state index is 0.138. The first-order valence-corrected chi connectivity index (χ1v) is 4.61. The monoisotopic (exact) mass is 178 g/mol. The quantitative estimate of drug-likeness (QED) is 0.740. The van der Waals surface area contributed by atoms with Gasteiger partial charge >= 0.3 is 0 Å². The van der Waals surface area contributed by atoms with Gasteiger partial charge in [-0.25, -0.2) is 0 Å². The first-order chi connectivity index (χ1) is 6.37. The molecule has 0 aliphatic carbocycles. The van der Waals surface area contributed by atoms with Gasteiger partial charge in [0.2, 0.25) is 0 Å². The van der Waals surface area contributed by atoms with Crippen molar-refractivity contribution in [1.82, 2.24) is 0 Å². The molecule has 2 nitrogen and oxygen atoms in total. The van der Waals surface area contributed by atoms with Crippen molar-refractivity contribution in [1.29, 1.82) is 0 Å². The lowest BCUT2D eigenvalue weighted by molar-refractivity contribution is 0.140. The number of aliphatic hydroxyl groups is 1. The number of rotatable bonds is 2. The van der Waals surface area contributed by atoms with Crippen LogP contribution in [0.4, 0.5) is 0 Å². The lowest BCUT2D eigenvalue weighted by Crippen LogP contribution is -2.30. The minimum atomic E-state index is -0.138. The maximum absolute atomic E-state index is 9.39. The number of hydrogen-bond donors (Lipinski definition) is 1. The van der Waals surface area contributed by atoms with E-state index in [1.54, 1.807) is 0 Å². The van der Waals surface area contributed by atoms with Gasteiger partial charge < -0.3 is 9.84 Å². The first kappa shape index (κ1) is 8.73. The van der Waals surface area contributed by atoms with Crippen LogP contribution in [-0.4, -0.2) is 24.9 Å². The Morgan fingerprint density at radius 1 is 1.31 bits per heavy atom. The predicted octanol–water partition coefficient (Wildman–Crippen LogP) is 1.34. The Kier molecular flexibility index (Phi) is 2.34. The van der Waals surface area contributed by atoms with Gasteiger partial charge in [-0.1, -0.05) is 30.3 Å². The zero-order valence-electron chi connectivity index (χ0n) is 7.57. The highest BCUT2D eigenvalue weighted by Gasteiger charge is 2.35. The van der Waals surface area contributed by atoms with Crippen LogP contribution in [0.15, 0.2) is 30.3 Å². The molecule has 1 aliphatic heterocycles. The summed E-state index contributed by atoms with van der Waals surface area (Å²) in [4.78, 5) is 0. The highest BCUT2D eigenvalue weighted by atomic mass is 16.5. The van der Waals surface area contributed by atoms with Gasteiger partial charge in [0.15, 0.2) is 0 Å². The largest absolute Gasteiger partial charge is 0.395 e. The molecule has 1 heterocycles. The summed E-state index contributed by atoms with van der Waals surface area (Å²) >= 11 is 0. The van der Waals surface area contributed by atoms with Crippen molar-refractivity contribution in [3.63, 3.8) is 0 Å². The van der Waals surface area contributed by atoms with E-state index in [4.69, 9.17) is 4.74 Å². The van der Waals surface area contributed by atoms with Gasteiger partial charge in [0.1, 0.15) is 0 Å². The van der Waals surface area contributed by atoms with Crippen molar-refractivity contribution in [2.45, 2.75) is 11.8 Å². The molecule has 1 atom stereocenters. The van der Waals surface area contributed by atoms with E-state index in [0.717, 1.165) is 13.0 Å². The Morgan fingerprint density at radius 2 is 2.08 bits per heavy atom. The Labute approximate surface area is 78.2 Å². The van der Waals surface area contributed by atoms with E-state index >= 15 is 0 Å². The number of aliphatic hydroxyl groups excluding tert-OH is 1. The van der Waals surface area contributed by atoms with Crippen LogP contribution in [-0.2, 0) is 10.2 Å². The second-order valence-electron chi connectivity index (χ2n) is 3.61. The molecule has 1 unspecified atom stereocenters. The normalized spacial score (nSPS) is 27.8. The third kappa shape index (κ3) is 1.47. The summed E-state index contributed by atoms with van der Waals surface area (Å²) in [5, 5.41) is 9.39. The van der Waals surface area contributed by atoms with E-state index in [0.29, 0.717) is 6.61 Å². The number of ether oxygens (including phenoxy) is 1. The number of hydrogen-bond acceptors (Lipinski definition) is 2. The van der Waals surface area contributed by atoms with Crippen LogP contribution < -0.4 is 0 Å². The predicted molar refractivity (Wildman–Crippen MR) is 50.6 cm³/mol. The van der Waals surface area contributed by atoms with Gasteiger partial charge in [0.05, 0.1) is 13.2 Å². The van der Waals surface area contributed by atoms with Crippen LogP contribution in [0.2, 0.25) is 0 Å². The molecular weight excluding hydrogens is 164 g/mol. The fourth-order valence-electron chi connectivity index (χ4n) is 1.84. The molecule has 0 amide bonds. The maximum atomic E-state index is 9.39. The van der Waals surface area contributed by atoms with E-state index in [1.165, 1.54) is 5.56 Å². The van der Waals surface area contributed by atoms with Gasteiger partial charge in [-0.3, -0.25) is 0 Å². The third-order valence-corrected chi connectivity index (χ3v) is 2.79. The van der Waals surface area contributed by atoms with Crippen molar-refractivity contribution in [2.75, 3.05) is 19.8 Å². The molecule has 1 aromatic carbocycles. The lowest BCUT2D eigenvalue weighted by Gasteiger charge is -2.24. The highest BCUT2D eigenvalue weighted by Crippen LogP contribution is 2.32. The van der Waals surface area contributed by atoms with Crippen LogP contribution in [0.1, 0.15) is 12.0 Å². The highest BCUT2D eigenvalue weighted by molar-refractivity contribution is 5.26. The second kappa shape index (κ2) is 3.48. The van der Waals surface area contributed by atoms with Crippen molar-refractivity contribution in [3.8, 4) is 0 Å². The van der Waals surface area contributed by atoms with Gasteiger partial charge in [0, 0.05) is 12.0 Å². The SMILES string of the molecule is OCC1(c2ccccc2)CCOC1. The van der Waals surface area contributed by atoms with Gasteiger partial charge in [0.25, 0.3) is 0 Å². The van der Waals surface area contributed by atoms with Gasteiger partial charge in [-0.2, -0.15) is 0 Å². The summed E-state index contributed by atoms with van der Waals surface area (Å²) in [5.74, 6) is 0. The molecule has 1 saturated heterocycles. The van der Waals surface area contributed by atoms with Crippen molar-refractivity contribution >= 4 is 0 Å². The molecule has 0 saturated carbocycles. The standard InChI is InChI=1S/C11H14O2/c12-8-11(6-7-13-9-11)10-4-2-1-3-5-10/h1-5,12H,6-9H2. The molecule has 1 aliphatic rings. The van der Waals surface area contributed by atoms with Crippen molar-refractivity contribution in [3.05, 3.63) is 35.9 Å². The Morgan fingerprint density at radius 3 is 2.62 bits per heavy atom. The van der Waals surface area contributed by atoms with E-state index in [1.807, 2.05) is 18.2 Å². The molecule has 0 spiro atoms. The first-order valence-electron chi connectivity index (χ1n) is 4.61. The molecule has 1 aromatic rings. The molecule has 70 valence electrons. The maximum Gasteiger partial charge on any atom is 0.0585 e. The van der Waals surface area contributed by atoms with Crippen LogP contribution >= 0.6 is 0 Å². The average Bonchev–Trinajstić information content (AvgIpc) is 2.69. The van der Waals surface area contributed by atoms with Crippen molar-refractivity contribution in [2.24, 2.45) is 0 Å². The molecule has 2 heteroatoms. The Hall–Kier alpha value is -0.860. The average molecular weight is 178 g/mol. The second-order valence-corrected chi connectivity index (χ2v) is 3.61. The Bertz CT molecular complexity index is 263. The molecule has 0 aromatic heterocycles. The van der Waals surface area contributed by atoms with Crippen LogP contribution in [0.3, 0.4) is 0 Å². The molecule has 13 heavy (non-hydrogen) atoms. The van der Waals surface area contributed by atoms with Crippen LogP contribution in [0.25, 0.3) is 0 Å². The lowest BCUT2D eigenvalue weighted by atomic mass is 9.81. The smallest absolute Gasteiger partial charge is 0.0585 e. The summed E-state index contributed by atoms with van der Waals surface area (Å²) in [7, 11) is 0. The van der Waals surface area contributed by atoms with E-state index < -0.39 is 0 Å². The Balaban J connectivity index is 2.31. The summed E-state index contributed by atoms with van der Waals surface area (Å²) < 4.78 is 5.35. The molecule has 2 rings (SSSR count). The fourth-order valence-corrected chi connectivity index (χ4v) is 1.84. The summed E-state index contributed by atoms with van der Waals surface area (Å²) in [6.45, 7) is 1.58. The van der Waals surface area contributed by atoms with Crippen molar-refractivity contribution < 1.29 is 9.84 Å². The third-order valence-electron chi connectivity index (χ3n) is 2.79. The van der Waals surface area contributed by atoms with E-state index in [9.17, 15) is 5.11 Å². The zero-order chi connectivity index (χ0) is 9.15. The minimum Gasteiger partial charge on any atom is -0.395 e. The summed E-state index contributed by atoms with van der Waals surface area (Å²) in [5.41, 5.74) is 1.05. The molecule has 1 fully saturated rings. The summed E-state index contributed by atoms with van der Waals surface area (Å²) in [6, 6.07) is 10.1. The van der Waals surface area contributed by atoms with Crippen LogP contribution in [0.5, 0.6) is 0 Å². The van der Waals surface area contributed by atoms with E-state index in [2.05, 4.69) is 12.1 Å². The van der Waals surface area contributed by atoms with Crippen LogP contribution in [0, 0.1) is 0 Å².